The molecule has 2 heterocycles. The predicted molar refractivity (Wildman–Crippen MR) is 297 cm³/mol. The third-order valence-corrected chi connectivity index (χ3v) is 13.1. The Labute approximate surface area is 461 Å². The molecular formula is C66H75N3O. The molecule has 2 aromatic heterocycles. The van der Waals surface area contributed by atoms with Gasteiger partial charge in [0.2, 0.25) is 0 Å². The number of rotatable bonds is 7. The van der Waals surface area contributed by atoms with Crippen molar-refractivity contribution < 1.29 is 46.2 Å². The molecule has 1 aliphatic carbocycles. The molecule has 0 spiro atoms. The van der Waals surface area contributed by atoms with Crippen LogP contribution in [-0.4, -0.2) is 19.6 Å². The molecule has 1 fully saturated rings. The number of nitrogens with zero attached hydrogens (tertiary/aromatic N) is 3. The summed E-state index contributed by atoms with van der Waals surface area (Å²) in [5.74, 6) is -3.99. The molecule has 0 saturated heterocycles. The largest absolute Gasteiger partial charge is 0.507 e. The smallest absolute Gasteiger partial charge is 0.149 e. The zero-order chi connectivity index (χ0) is 75.6. The first kappa shape index (κ1) is 24.2. The molecule has 0 atom stereocenters. The molecule has 0 amide bonds. The van der Waals surface area contributed by atoms with Gasteiger partial charge >= 0.3 is 0 Å². The Hall–Kier alpha value is -6.26. The third-order valence-electron chi connectivity index (χ3n) is 13.1. The van der Waals surface area contributed by atoms with Gasteiger partial charge in [-0.2, -0.15) is 0 Å². The minimum Gasteiger partial charge on any atom is -0.507 e. The van der Waals surface area contributed by atoms with Crippen molar-refractivity contribution in [3.8, 4) is 67.5 Å². The van der Waals surface area contributed by atoms with Crippen molar-refractivity contribution in [2.24, 2.45) is 5.41 Å². The van der Waals surface area contributed by atoms with Crippen molar-refractivity contribution in [1.82, 2.24) is 14.5 Å². The monoisotopic (exact) mass is 956 g/mol. The minimum atomic E-state index is -4.61. The number of aromatic hydroxyl groups is 1. The number of aromatic nitrogens is 3. The van der Waals surface area contributed by atoms with E-state index in [1.807, 2.05) is 20.8 Å². The lowest BCUT2D eigenvalue weighted by Gasteiger charge is -2.34. The predicted octanol–water partition coefficient (Wildman–Crippen LogP) is 18.3. The normalized spacial score (nSPS) is 22.6. The van der Waals surface area contributed by atoms with Crippen LogP contribution in [0.3, 0.4) is 0 Å². The highest BCUT2D eigenvalue weighted by atomic mass is 16.3. The summed E-state index contributed by atoms with van der Waals surface area (Å²) in [4.78, 5) is 9.59. The summed E-state index contributed by atoms with van der Waals surface area (Å²) >= 11 is 0. The highest BCUT2D eigenvalue weighted by molar-refractivity contribution is 5.98. The maximum absolute atomic E-state index is 13.3. The second kappa shape index (κ2) is 17.9. The average molecular weight is 957 g/mol. The van der Waals surface area contributed by atoms with Gasteiger partial charge in [0, 0.05) is 54.5 Å². The fourth-order valence-electron chi connectivity index (χ4n) is 8.90. The van der Waals surface area contributed by atoms with Gasteiger partial charge in [0.25, 0.3) is 0 Å². The van der Waals surface area contributed by atoms with Gasteiger partial charge in [-0.25, -0.2) is 4.98 Å². The first-order valence-electron chi connectivity index (χ1n) is 38.1. The lowest BCUT2D eigenvalue weighted by atomic mass is 9.71. The van der Waals surface area contributed by atoms with Gasteiger partial charge in [-0.3, -0.25) is 9.55 Å². The summed E-state index contributed by atoms with van der Waals surface area (Å²) in [6.45, 7) is -11.7. The molecule has 360 valence electrons. The number of benzene rings is 6. The summed E-state index contributed by atoms with van der Waals surface area (Å²) in [6.07, 6.45) is 3.60. The van der Waals surface area contributed by atoms with Crippen LogP contribution >= 0.6 is 0 Å². The molecule has 0 radical (unpaired) electrons. The first-order chi connectivity index (χ1) is 45.3. The van der Waals surface area contributed by atoms with Crippen LogP contribution in [-0.2, 0) is 21.7 Å². The van der Waals surface area contributed by atoms with E-state index in [-0.39, 0.29) is 85.4 Å². The van der Waals surface area contributed by atoms with Gasteiger partial charge in [-0.05, 0) is 152 Å². The maximum atomic E-state index is 13.3. The molecule has 0 aliphatic heterocycles. The molecule has 4 nitrogen and oxygen atoms in total. The molecule has 8 aromatic rings. The zero-order valence-electron chi connectivity index (χ0n) is 70.5. The van der Waals surface area contributed by atoms with Crippen molar-refractivity contribution in [2.75, 3.05) is 0 Å². The van der Waals surface area contributed by atoms with Gasteiger partial charge in [-0.15, -0.1) is 0 Å². The number of fused-ring (bicyclic) bond motifs is 1. The fourth-order valence-corrected chi connectivity index (χ4v) is 8.90. The van der Waals surface area contributed by atoms with E-state index in [1.54, 1.807) is 39.0 Å². The van der Waals surface area contributed by atoms with E-state index in [1.165, 1.54) is 48.5 Å². The number of phenolic OH excluding ortho intramolecular Hbond substituents is 1. The zero-order valence-corrected chi connectivity index (χ0v) is 40.5. The Balaban J connectivity index is 1.52. The molecule has 1 saturated carbocycles. The molecule has 0 unspecified atom stereocenters. The van der Waals surface area contributed by atoms with Crippen LogP contribution < -0.4 is 0 Å². The Bertz CT molecular complexity index is 4410. The van der Waals surface area contributed by atoms with E-state index < -0.39 is 145 Å². The van der Waals surface area contributed by atoms with Crippen molar-refractivity contribution in [3.63, 3.8) is 0 Å². The summed E-state index contributed by atoms with van der Waals surface area (Å²) in [7, 11) is 0. The highest BCUT2D eigenvalue weighted by Gasteiger charge is 2.31. The third kappa shape index (κ3) is 9.76. The molecule has 1 N–H and O–H groups in total. The fraction of sp³-hybridized carbons (Fsp3) is 0.364. The highest BCUT2D eigenvalue weighted by Crippen LogP contribution is 2.47. The van der Waals surface area contributed by atoms with Crippen molar-refractivity contribution in [3.05, 3.63) is 167 Å². The standard InChI is InChI=1S/C66H75N3O/c1-62(2,3)49-27-28-57(53(39-49)45-19-16-15-17-20-45)69-58-22-18-21-52(59(58)68-61(69)54-40-51(64(7,8)9)41-55(60(54)70)65(10,11)12)47-35-48(37-50(36-47)63(4,5)6)56-38-46(31-34-67-56)43-25-23-42(24-26-43)44-29-32-66(13,14)33-30-44/h15-28,31,34-41,44,70H,29-30,32-33H2,1-14H3/i7D3,8D3,9D3,10D3,11D3,12D3,15D,16D,17D,19D,20D,25D,26D,31D,38D,40D,41D,44D. The number of hydrogen-bond donors (Lipinski definition) is 1. The summed E-state index contributed by atoms with van der Waals surface area (Å²) in [6, 6.07) is 7.65. The Morgan fingerprint density at radius 2 is 1.31 bits per heavy atom. The number of hydrogen-bond acceptors (Lipinski definition) is 3. The minimum absolute atomic E-state index is 0.00235. The topological polar surface area (TPSA) is 50.9 Å². The SMILES string of the molecule is [2H]c1cc(C2([2H])CCC(C)(C)CC2)cc([2H])c1-c1c([2H])cnc(-c2cc(-c3cccc4c3nc(-c3c([2H])c(C(C([2H])([2H])[2H])(C([2H])([2H])[2H])C([2H])([2H])[2H])c([2H])c(C(C([2H])([2H])[2H])(C([2H])([2H])[2H])C([2H])([2H])[2H])c3O)n4-c3ccc(C(C)(C)C)cc3-c3c([2H])c([2H])c([2H])c([2H])c3[2H])cc(C(C)(C)C)c2)c1[2H]. The van der Waals surface area contributed by atoms with Crippen LogP contribution in [0.2, 0.25) is 0 Å². The summed E-state index contributed by atoms with van der Waals surface area (Å²) < 4.78 is 273. The Morgan fingerprint density at radius 1 is 0.629 bits per heavy atom. The van der Waals surface area contributed by atoms with Gasteiger partial charge in [0.05, 0.1) is 43.1 Å². The van der Waals surface area contributed by atoms with E-state index in [0.717, 1.165) is 23.6 Å². The van der Waals surface area contributed by atoms with E-state index in [0.29, 0.717) is 29.5 Å². The first-order valence-corrected chi connectivity index (χ1v) is 23.1. The maximum Gasteiger partial charge on any atom is 0.149 e. The van der Waals surface area contributed by atoms with E-state index >= 15 is 0 Å². The Morgan fingerprint density at radius 3 is 1.99 bits per heavy atom. The van der Waals surface area contributed by atoms with Crippen LogP contribution in [0, 0.1) is 5.41 Å². The quantitative estimate of drug-likeness (QED) is 0.173. The second-order valence-electron chi connectivity index (χ2n) is 21.1. The van der Waals surface area contributed by atoms with Crippen molar-refractivity contribution >= 4 is 11.0 Å². The van der Waals surface area contributed by atoms with E-state index in [4.69, 9.17) is 35.1 Å². The van der Waals surface area contributed by atoms with Crippen LogP contribution in [0.25, 0.3) is 72.7 Å². The van der Waals surface area contributed by atoms with Crippen LogP contribution in [0.1, 0.15) is 197 Å². The van der Waals surface area contributed by atoms with E-state index in [9.17, 15) is 16.1 Å². The number of phenols is 1. The lowest BCUT2D eigenvalue weighted by Crippen LogP contribution is -2.20. The lowest BCUT2D eigenvalue weighted by molar-refractivity contribution is 0.224. The summed E-state index contributed by atoms with van der Waals surface area (Å²) in [5, 5.41) is 13.3. The van der Waals surface area contributed by atoms with Gasteiger partial charge in [0.1, 0.15) is 11.6 Å². The molecule has 4 heteroatoms. The number of imidazole rings is 1. The van der Waals surface area contributed by atoms with E-state index in [2.05, 4.69) is 18.8 Å². The molecule has 1 aliphatic rings. The number of pyridine rings is 1. The number of para-hydroxylation sites is 1. The van der Waals surface area contributed by atoms with Gasteiger partial charge in [0.15, 0.2) is 0 Å². The molecule has 6 aromatic carbocycles. The molecule has 0 bridgehead atoms. The van der Waals surface area contributed by atoms with Crippen LogP contribution in [0.15, 0.2) is 139 Å². The van der Waals surface area contributed by atoms with Crippen molar-refractivity contribution in [2.45, 2.75) is 150 Å². The molecular weight excluding hydrogens is 851 g/mol. The van der Waals surface area contributed by atoms with Gasteiger partial charge < -0.3 is 5.11 Å². The van der Waals surface area contributed by atoms with Gasteiger partial charge in [-0.1, -0.05) is 181 Å². The Kier molecular flexibility index (Phi) is 6.18. The average Bonchev–Trinajstić information content (AvgIpc) is 0.841. The summed E-state index contributed by atoms with van der Waals surface area (Å²) in [5.41, 5.74) is -16.2. The second-order valence-corrected chi connectivity index (χ2v) is 21.1. The van der Waals surface area contributed by atoms with Crippen LogP contribution in [0.5, 0.6) is 5.75 Å². The molecule has 70 heavy (non-hydrogen) atoms. The van der Waals surface area contributed by atoms with Crippen LogP contribution in [0.4, 0.5) is 0 Å². The van der Waals surface area contributed by atoms with Crippen molar-refractivity contribution in [1.29, 1.82) is 0 Å². The molecule has 9 rings (SSSR count).